The first-order valence-corrected chi connectivity index (χ1v) is 6.71. The van der Waals surface area contributed by atoms with Gasteiger partial charge in [0.2, 0.25) is 0 Å². The van der Waals surface area contributed by atoms with Crippen molar-refractivity contribution >= 4 is 11.6 Å². The second kappa shape index (κ2) is 6.65. The predicted octanol–water partition coefficient (Wildman–Crippen LogP) is 2.95. The van der Waals surface area contributed by atoms with E-state index in [1.165, 1.54) is 0 Å². The van der Waals surface area contributed by atoms with Crippen LogP contribution in [0, 0.1) is 0 Å². The Morgan fingerprint density at radius 2 is 1.90 bits per heavy atom. The molecular weight excluding hydrogens is 268 g/mol. The van der Waals surface area contributed by atoms with Crippen molar-refractivity contribution in [1.82, 2.24) is 0 Å². The van der Waals surface area contributed by atoms with E-state index in [-0.39, 0.29) is 0 Å². The molecule has 0 radical (unpaired) electrons. The lowest BCUT2D eigenvalue weighted by Crippen LogP contribution is -2.12. The number of para-hydroxylation sites is 1. The fourth-order valence-electron chi connectivity index (χ4n) is 1.80. The molecule has 0 aliphatic rings. The number of carbonyl (C=O) groups is 1. The summed E-state index contributed by atoms with van der Waals surface area (Å²) in [6.07, 6.45) is 0.884. The van der Waals surface area contributed by atoms with E-state index in [0.29, 0.717) is 35.1 Å². The summed E-state index contributed by atoms with van der Waals surface area (Å²) < 4.78 is 11.3. The summed E-state index contributed by atoms with van der Waals surface area (Å²) >= 11 is 0. The van der Waals surface area contributed by atoms with E-state index in [0.717, 1.165) is 6.42 Å². The van der Waals surface area contributed by atoms with Gasteiger partial charge in [0.25, 0.3) is 5.91 Å². The monoisotopic (exact) mass is 286 g/mol. The van der Waals surface area contributed by atoms with Gasteiger partial charge in [0, 0.05) is 6.07 Å². The Morgan fingerprint density at radius 1 is 1.14 bits per heavy atom. The second-order valence-corrected chi connectivity index (χ2v) is 4.51. The Labute approximate surface area is 123 Å². The number of primary amides is 1. The van der Waals surface area contributed by atoms with E-state index in [4.69, 9.17) is 20.9 Å². The third-order valence-corrected chi connectivity index (χ3v) is 2.83. The van der Waals surface area contributed by atoms with Crippen molar-refractivity contribution in [2.75, 3.05) is 12.3 Å². The van der Waals surface area contributed by atoms with E-state index in [2.05, 4.69) is 0 Å². The first-order chi connectivity index (χ1) is 10.1. The first-order valence-electron chi connectivity index (χ1n) is 6.71. The minimum absolute atomic E-state index is 0.324. The number of benzene rings is 2. The highest BCUT2D eigenvalue weighted by molar-refractivity contribution is 5.95. The van der Waals surface area contributed by atoms with Crippen molar-refractivity contribution in [3.8, 4) is 17.2 Å². The lowest BCUT2D eigenvalue weighted by Gasteiger charge is -2.12. The van der Waals surface area contributed by atoms with Gasteiger partial charge in [0.05, 0.1) is 17.9 Å². The van der Waals surface area contributed by atoms with E-state index in [1.54, 1.807) is 42.5 Å². The van der Waals surface area contributed by atoms with Crippen molar-refractivity contribution in [3.63, 3.8) is 0 Å². The molecular formula is C16H18N2O3. The van der Waals surface area contributed by atoms with Gasteiger partial charge >= 0.3 is 0 Å². The normalized spacial score (nSPS) is 10.1. The molecule has 5 nitrogen and oxygen atoms in total. The van der Waals surface area contributed by atoms with Crippen LogP contribution in [0.4, 0.5) is 5.69 Å². The molecule has 4 N–H and O–H groups in total. The number of amides is 1. The summed E-state index contributed by atoms with van der Waals surface area (Å²) in [6.45, 7) is 2.59. The molecule has 0 heterocycles. The zero-order chi connectivity index (χ0) is 15.2. The van der Waals surface area contributed by atoms with Crippen LogP contribution >= 0.6 is 0 Å². The van der Waals surface area contributed by atoms with Crippen LogP contribution in [0.2, 0.25) is 0 Å². The highest BCUT2D eigenvalue weighted by Crippen LogP contribution is 2.31. The van der Waals surface area contributed by atoms with Gasteiger partial charge in [0.1, 0.15) is 17.2 Å². The molecule has 2 rings (SSSR count). The summed E-state index contributed by atoms with van der Waals surface area (Å²) in [7, 11) is 0. The number of rotatable bonds is 6. The number of hydrogen-bond acceptors (Lipinski definition) is 4. The predicted molar refractivity (Wildman–Crippen MR) is 81.7 cm³/mol. The van der Waals surface area contributed by atoms with Crippen LogP contribution < -0.4 is 20.9 Å². The van der Waals surface area contributed by atoms with Crippen LogP contribution in [0.15, 0.2) is 42.5 Å². The molecule has 0 aromatic heterocycles. The molecule has 5 heteroatoms. The molecule has 0 fully saturated rings. The quantitative estimate of drug-likeness (QED) is 0.799. The topological polar surface area (TPSA) is 87.6 Å². The second-order valence-electron chi connectivity index (χ2n) is 4.51. The molecule has 0 bridgehead atoms. The standard InChI is InChI=1S/C16H18N2O3/c1-2-9-20-15-10-11(7-8-13(15)17)21-14-6-4-3-5-12(14)16(18)19/h3-8,10H,2,9,17H2,1H3,(H2,18,19). The maximum absolute atomic E-state index is 11.4. The average Bonchev–Trinajstić information content (AvgIpc) is 2.48. The Bertz CT molecular complexity index is 641. The zero-order valence-electron chi connectivity index (χ0n) is 11.8. The van der Waals surface area contributed by atoms with E-state index < -0.39 is 5.91 Å². The van der Waals surface area contributed by atoms with Crippen LogP contribution in [-0.2, 0) is 0 Å². The first kappa shape index (κ1) is 14.7. The van der Waals surface area contributed by atoms with Gasteiger partial charge in [-0.3, -0.25) is 4.79 Å². The van der Waals surface area contributed by atoms with Crippen molar-refractivity contribution in [3.05, 3.63) is 48.0 Å². The third kappa shape index (κ3) is 3.66. The number of carbonyl (C=O) groups excluding carboxylic acids is 1. The molecule has 0 saturated carbocycles. The van der Waals surface area contributed by atoms with Crippen LogP contribution in [0.25, 0.3) is 0 Å². The molecule has 0 aliphatic carbocycles. The molecule has 0 spiro atoms. The minimum atomic E-state index is -0.538. The molecule has 110 valence electrons. The molecule has 1 amide bonds. The van der Waals surface area contributed by atoms with Crippen molar-refractivity contribution < 1.29 is 14.3 Å². The molecule has 2 aromatic rings. The highest BCUT2D eigenvalue weighted by Gasteiger charge is 2.10. The average molecular weight is 286 g/mol. The lowest BCUT2D eigenvalue weighted by atomic mass is 10.2. The van der Waals surface area contributed by atoms with Gasteiger partial charge in [-0.25, -0.2) is 0 Å². The number of hydrogen-bond donors (Lipinski definition) is 2. The molecule has 21 heavy (non-hydrogen) atoms. The summed E-state index contributed by atoms with van der Waals surface area (Å²) in [4.78, 5) is 11.4. The van der Waals surface area contributed by atoms with Gasteiger partial charge < -0.3 is 20.9 Å². The molecule has 0 aliphatic heterocycles. The van der Waals surface area contributed by atoms with Crippen molar-refractivity contribution in [2.45, 2.75) is 13.3 Å². The number of nitrogens with two attached hydrogens (primary N) is 2. The van der Waals surface area contributed by atoms with Gasteiger partial charge in [0.15, 0.2) is 0 Å². The van der Waals surface area contributed by atoms with E-state index >= 15 is 0 Å². The summed E-state index contributed by atoms with van der Waals surface area (Å²) in [5.74, 6) is 0.953. The van der Waals surface area contributed by atoms with Crippen molar-refractivity contribution in [2.24, 2.45) is 5.73 Å². The smallest absolute Gasteiger partial charge is 0.252 e. The molecule has 2 aromatic carbocycles. The Balaban J connectivity index is 2.26. The fourth-order valence-corrected chi connectivity index (χ4v) is 1.80. The van der Waals surface area contributed by atoms with Gasteiger partial charge in [-0.2, -0.15) is 0 Å². The molecule has 0 atom stereocenters. The zero-order valence-corrected chi connectivity index (χ0v) is 11.8. The van der Waals surface area contributed by atoms with Crippen molar-refractivity contribution in [1.29, 1.82) is 0 Å². The Kier molecular flexibility index (Phi) is 4.66. The largest absolute Gasteiger partial charge is 0.491 e. The van der Waals surface area contributed by atoms with Crippen LogP contribution in [0.5, 0.6) is 17.2 Å². The van der Waals surface area contributed by atoms with Crippen LogP contribution in [0.1, 0.15) is 23.7 Å². The fraction of sp³-hybridized carbons (Fsp3) is 0.188. The highest BCUT2D eigenvalue weighted by atomic mass is 16.5. The van der Waals surface area contributed by atoms with Gasteiger partial charge in [-0.05, 0) is 30.7 Å². The number of nitrogen functional groups attached to an aromatic ring is 1. The summed E-state index contributed by atoms with van der Waals surface area (Å²) in [5, 5.41) is 0. The lowest BCUT2D eigenvalue weighted by molar-refractivity contribution is 0.0998. The number of anilines is 1. The van der Waals surface area contributed by atoms with E-state index in [9.17, 15) is 4.79 Å². The maximum atomic E-state index is 11.4. The Hall–Kier alpha value is -2.69. The number of ether oxygens (including phenoxy) is 2. The molecule has 0 unspecified atom stereocenters. The van der Waals surface area contributed by atoms with Crippen LogP contribution in [-0.4, -0.2) is 12.5 Å². The minimum Gasteiger partial charge on any atom is -0.491 e. The summed E-state index contributed by atoms with van der Waals surface area (Å²) in [6, 6.07) is 11.9. The SMILES string of the molecule is CCCOc1cc(Oc2ccccc2C(N)=O)ccc1N. The van der Waals surface area contributed by atoms with Gasteiger partial charge in [-0.1, -0.05) is 19.1 Å². The summed E-state index contributed by atoms with van der Waals surface area (Å²) in [5.41, 5.74) is 12.0. The van der Waals surface area contributed by atoms with Gasteiger partial charge in [-0.15, -0.1) is 0 Å². The third-order valence-electron chi connectivity index (χ3n) is 2.83. The maximum Gasteiger partial charge on any atom is 0.252 e. The molecule has 0 saturated heterocycles. The van der Waals surface area contributed by atoms with Crippen LogP contribution in [0.3, 0.4) is 0 Å². The Morgan fingerprint density at radius 3 is 2.62 bits per heavy atom. The van der Waals surface area contributed by atoms with E-state index in [1.807, 2.05) is 6.92 Å².